The van der Waals surface area contributed by atoms with Gasteiger partial charge in [-0.05, 0) is 56.1 Å². The fourth-order valence-electron chi connectivity index (χ4n) is 2.14. The first-order valence-electron chi connectivity index (χ1n) is 7.17. The Hall–Kier alpha value is -1.95. The molecule has 0 aliphatic heterocycles. The number of nitrogens with zero attached hydrogens (tertiary/aromatic N) is 3. The van der Waals surface area contributed by atoms with Crippen molar-refractivity contribution in [3.8, 4) is 0 Å². The molecule has 5 nitrogen and oxygen atoms in total. The van der Waals surface area contributed by atoms with Crippen molar-refractivity contribution < 1.29 is 4.79 Å². The van der Waals surface area contributed by atoms with E-state index in [1.807, 2.05) is 31.2 Å². The van der Waals surface area contributed by atoms with Crippen LogP contribution in [0.25, 0.3) is 0 Å². The van der Waals surface area contributed by atoms with Crippen molar-refractivity contribution in [3.63, 3.8) is 0 Å². The molecule has 0 unspecified atom stereocenters. The lowest BCUT2D eigenvalue weighted by atomic mass is 10.2. The standard InChI is InChI=1S/C15H20N4OS/c1-4-13-14(21-18-17-13)15(20)16-11-7-9-12(10-8-11)19(5-2)6-3/h7-10H,4-6H2,1-3H3,(H,16,20). The van der Waals surface area contributed by atoms with Crippen molar-refractivity contribution in [2.45, 2.75) is 27.2 Å². The molecule has 21 heavy (non-hydrogen) atoms. The zero-order valence-electron chi connectivity index (χ0n) is 12.6. The van der Waals surface area contributed by atoms with E-state index in [2.05, 4.69) is 33.7 Å². The number of anilines is 2. The summed E-state index contributed by atoms with van der Waals surface area (Å²) >= 11 is 1.14. The first kappa shape index (κ1) is 15.4. The summed E-state index contributed by atoms with van der Waals surface area (Å²) in [6.45, 7) is 8.15. The molecule has 1 aromatic heterocycles. The van der Waals surface area contributed by atoms with Gasteiger partial charge in [0.2, 0.25) is 0 Å². The second kappa shape index (κ2) is 7.17. The third kappa shape index (κ3) is 3.58. The molecule has 6 heteroatoms. The molecule has 1 amide bonds. The Morgan fingerprint density at radius 2 is 1.86 bits per heavy atom. The second-order valence-electron chi connectivity index (χ2n) is 4.58. The fraction of sp³-hybridized carbons (Fsp3) is 0.400. The summed E-state index contributed by atoms with van der Waals surface area (Å²) in [5.74, 6) is -0.141. The Balaban J connectivity index is 2.08. The van der Waals surface area contributed by atoms with E-state index in [0.29, 0.717) is 11.3 Å². The first-order chi connectivity index (χ1) is 10.2. The van der Waals surface area contributed by atoms with Gasteiger partial charge in [-0.15, -0.1) is 5.10 Å². The molecule has 0 radical (unpaired) electrons. The van der Waals surface area contributed by atoms with Crippen LogP contribution in [0.1, 0.15) is 36.1 Å². The van der Waals surface area contributed by atoms with E-state index in [9.17, 15) is 4.79 Å². The summed E-state index contributed by atoms with van der Waals surface area (Å²) in [5, 5.41) is 6.85. The summed E-state index contributed by atoms with van der Waals surface area (Å²) in [7, 11) is 0. The van der Waals surface area contributed by atoms with Crippen LogP contribution in [0.4, 0.5) is 11.4 Å². The van der Waals surface area contributed by atoms with Crippen molar-refractivity contribution in [1.29, 1.82) is 0 Å². The van der Waals surface area contributed by atoms with E-state index in [1.54, 1.807) is 0 Å². The Labute approximate surface area is 129 Å². The van der Waals surface area contributed by atoms with Crippen LogP contribution in [-0.4, -0.2) is 28.6 Å². The number of nitrogens with one attached hydrogen (secondary N) is 1. The molecule has 0 fully saturated rings. The molecule has 112 valence electrons. The Kier molecular flexibility index (Phi) is 5.27. The van der Waals surface area contributed by atoms with Gasteiger partial charge < -0.3 is 10.2 Å². The van der Waals surface area contributed by atoms with Gasteiger partial charge in [0, 0.05) is 24.5 Å². The highest BCUT2D eigenvalue weighted by molar-refractivity contribution is 7.08. The highest BCUT2D eigenvalue weighted by Gasteiger charge is 2.15. The first-order valence-corrected chi connectivity index (χ1v) is 7.94. The molecule has 0 aliphatic rings. The van der Waals surface area contributed by atoms with Gasteiger partial charge in [0.05, 0.1) is 5.69 Å². The number of carbonyl (C=O) groups is 1. The quantitative estimate of drug-likeness (QED) is 0.890. The highest BCUT2D eigenvalue weighted by Crippen LogP contribution is 2.19. The molecule has 0 bridgehead atoms. The molecule has 0 atom stereocenters. The van der Waals surface area contributed by atoms with Crippen molar-refractivity contribution in [3.05, 3.63) is 34.8 Å². The van der Waals surface area contributed by atoms with E-state index in [1.165, 1.54) is 0 Å². The van der Waals surface area contributed by atoms with Crippen LogP contribution in [0.5, 0.6) is 0 Å². The normalized spacial score (nSPS) is 10.4. The Bertz CT molecular complexity index is 590. The molecule has 1 heterocycles. The molecule has 0 saturated heterocycles. The van der Waals surface area contributed by atoms with Crippen LogP contribution in [0.3, 0.4) is 0 Å². The van der Waals surface area contributed by atoms with Gasteiger partial charge in [-0.1, -0.05) is 11.4 Å². The molecule has 0 spiro atoms. The topological polar surface area (TPSA) is 58.1 Å². The van der Waals surface area contributed by atoms with E-state index >= 15 is 0 Å². The van der Waals surface area contributed by atoms with E-state index in [4.69, 9.17) is 0 Å². The maximum Gasteiger partial charge on any atom is 0.269 e. The maximum absolute atomic E-state index is 12.2. The maximum atomic E-state index is 12.2. The van der Waals surface area contributed by atoms with Gasteiger partial charge in [0.25, 0.3) is 5.91 Å². The number of rotatable bonds is 6. The average molecular weight is 304 g/mol. The monoisotopic (exact) mass is 304 g/mol. The minimum absolute atomic E-state index is 0.141. The van der Waals surface area contributed by atoms with Gasteiger partial charge >= 0.3 is 0 Å². The Morgan fingerprint density at radius 1 is 1.19 bits per heavy atom. The van der Waals surface area contributed by atoms with E-state index in [0.717, 1.165) is 41.7 Å². The van der Waals surface area contributed by atoms with Crippen molar-refractivity contribution >= 4 is 28.8 Å². The van der Waals surface area contributed by atoms with Crippen LogP contribution >= 0.6 is 11.5 Å². The zero-order chi connectivity index (χ0) is 15.2. The number of aryl methyl sites for hydroxylation is 1. The summed E-state index contributed by atoms with van der Waals surface area (Å²) in [6.07, 6.45) is 0.708. The molecular formula is C15H20N4OS. The average Bonchev–Trinajstić information content (AvgIpc) is 2.99. The predicted molar refractivity (Wildman–Crippen MR) is 87.2 cm³/mol. The summed E-state index contributed by atoms with van der Waals surface area (Å²) in [5.41, 5.74) is 2.69. The van der Waals surface area contributed by atoms with E-state index < -0.39 is 0 Å². The smallest absolute Gasteiger partial charge is 0.269 e. The number of carbonyl (C=O) groups excluding carboxylic acids is 1. The lowest BCUT2D eigenvalue weighted by molar-refractivity contribution is 0.102. The van der Waals surface area contributed by atoms with E-state index in [-0.39, 0.29) is 5.91 Å². The highest BCUT2D eigenvalue weighted by atomic mass is 32.1. The SMILES string of the molecule is CCc1nnsc1C(=O)Nc1ccc(N(CC)CC)cc1. The number of amides is 1. The third-order valence-electron chi connectivity index (χ3n) is 3.35. The number of hydrogen-bond acceptors (Lipinski definition) is 5. The lowest BCUT2D eigenvalue weighted by Crippen LogP contribution is -2.21. The minimum Gasteiger partial charge on any atom is -0.372 e. The van der Waals surface area contributed by atoms with Gasteiger partial charge in [-0.3, -0.25) is 4.79 Å². The minimum atomic E-state index is -0.141. The van der Waals surface area contributed by atoms with Gasteiger partial charge in [-0.25, -0.2) is 0 Å². The van der Waals surface area contributed by atoms with Gasteiger partial charge in [0.15, 0.2) is 0 Å². The molecule has 2 rings (SSSR count). The Morgan fingerprint density at radius 3 is 2.43 bits per heavy atom. The third-order valence-corrected chi connectivity index (χ3v) is 4.12. The summed E-state index contributed by atoms with van der Waals surface area (Å²) in [6, 6.07) is 7.89. The molecule has 1 aromatic carbocycles. The van der Waals surface area contributed by atoms with Crippen molar-refractivity contribution in [2.75, 3.05) is 23.3 Å². The van der Waals surface area contributed by atoms with Gasteiger partial charge in [-0.2, -0.15) is 0 Å². The van der Waals surface area contributed by atoms with Crippen molar-refractivity contribution in [2.24, 2.45) is 0 Å². The van der Waals surface area contributed by atoms with Crippen LogP contribution in [0, 0.1) is 0 Å². The molecule has 2 aromatic rings. The molecule has 0 aliphatic carbocycles. The van der Waals surface area contributed by atoms with Gasteiger partial charge in [0.1, 0.15) is 4.88 Å². The van der Waals surface area contributed by atoms with Crippen LogP contribution in [0.2, 0.25) is 0 Å². The molecule has 0 saturated carbocycles. The van der Waals surface area contributed by atoms with Crippen LogP contribution in [0.15, 0.2) is 24.3 Å². The molecule has 1 N–H and O–H groups in total. The number of benzene rings is 1. The fourth-order valence-corrected chi connectivity index (χ4v) is 2.79. The largest absolute Gasteiger partial charge is 0.372 e. The van der Waals surface area contributed by atoms with Crippen molar-refractivity contribution in [1.82, 2.24) is 9.59 Å². The number of hydrogen-bond donors (Lipinski definition) is 1. The summed E-state index contributed by atoms with van der Waals surface area (Å²) in [4.78, 5) is 15.0. The molecular weight excluding hydrogens is 284 g/mol. The number of aromatic nitrogens is 2. The lowest BCUT2D eigenvalue weighted by Gasteiger charge is -2.21. The van der Waals surface area contributed by atoms with Crippen LogP contribution < -0.4 is 10.2 Å². The predicted octanol–water partition coefficient (Wildman–Crippen LogP) is 3.20. The van der Waals surface area contributed by atoms with Crippen LogP contribution in [-0.2, 0) is 6.42 Å². The zero-order valence-corrected chi connectivity index (χ0v) is 13.4. The second-order valence-corrected chi connectivity index (χ2v) is 5.33. The summed E-state index contributed by atoms with van der Waals surface area (Å²) < 4.78 is 3.84.